The number of pyridine rings is 1. The number of hydrogen-bond acceptors (Lipinski definition) is 4. The molecule has 0 saturated heterocycles. The first-order valence-electron chi connectivity index (χ1n) is 7.23. The summed E-state index contributed by atoms with van der Waals surface area (Å²) in [7, 11) is 0. The number of carbonyl (C=O) groups excluding carboxylic acids is 2. The SMILES string of the molecule is CC(=O)NC(CC(=O)Nc1ncccc1O)c1ccc(C)cc1. The lowest BCUT2D eigenvalue weighted by atomic mass is 10.0. The van der Waals surface area contributed by atoms with Crippen molar-refractivity contribution >= 4 is 17.6 Å². The smallest absolute Gasteiger partial charge is 0.228 e. The summed E-state index contributed by atoms with van der Waals surface area (Å²) < 4.78 is 0. The number of hydrogen-bond donors (Lipinski definition) is 3. The summed E-state index contributed by atoms with van der Waals surface area (Å²) in [5, 5.41) is 14.9. The first-order valence-corrected chi connectivity index (χ1v) is 7.23. The van der Waals surface area contributed by atoms with Gasteiger partial charge in [0.1, 0.15) is 0 Å². The van der Waals surface area contributed by atoms with Crippen molar-refractivity contribution in [3.8, 4) is 5.75 Å². The number of aromatic nitrogens is 1. The van der Waals surface area contributed by atoms with Crippen LogP contribution in [0, 0.1) is 6.92 Å². The molecule has 120 valence electrons. The molecule has 1 aromatic heterocycles. The number of aryl methyl sites for hydroxylation is 1. The number of nitrogens with one attached hydrogen (secondary N) is 2. The van der Waals surface area contributed by atoms with Gasteiger partial charge in [-0.3, -0.25) is 9.59 Å². The van der Waals surface area contributed by atoms with E-state index in [1.54, 1.807) is 6.07 Å². The topological polar surface area (TPSA) is 91.3 Å². The van der Waals surface area contributed by atoms with Gasteiger partial charge in [0.25, 0.3) is 0 Å². The normalized spacial score (nSPS) is 11.6. The van der Waals surface area contributed by atoms with Gasteiger partial charge in [0.2, 0.25) is 11.8 Å². The van der Waals surface area contributed by atoms with Crippen molar-refractivity contribution in [3.63, 3.8) is 0 Å². The zero-order valence-electron chi connectivity index (χ0n) is 13.0. The van der Waals surface area contributed by atoms with Gasteiger partial charge in [0.15, 0.2) is 11.6 Å². The summed E-state index contributed by atoms with van der Waals surface area (Å²) in [4.78, 5) is 27.5. The molecule has 0 bridgehead atoms. The van der Waals surface area contributed by atoms with Gasteiger partial charge in [-0.05, 0) is 24.6 Å². The average Bonchev–Trinajstić information content (AvgIpc) is 2.49. The molecular weight excluding hydrogens is 294 g/mol. The Morgan fingerprint density at radius 3 is 2.52 bits per heavy atom. The predicted molar refractivity (Wildman–Crippen MR) is 86.9 cm³/mol. The maximum Gasteiger partial charge on any atom is 0.228 e. The zero-order chi connectivity index (χ0) is 16.8. The van der Waals surface area contributed by atoms with Gasteiger partial charge in [-0.25, -0.2) is 4.98 Å². The van der Waals surface area contributed by atoms with E-state index in [1.165, 1.54) is 19.2 Å². The number of amides is 2. The summed E-state index contributed by atoms with van der Waals surface area (Å²) in [6, 6.07) is 10.2. The first-order chi connectivity index (χ1) is 11.0. The number of rotatable bonds is 5. The molecule has 0 aliphatic carbocycles. The molecule has 3 N–H and O–H groups in total. The minimum Gasteiger partial charge on any atom is -0.504 e. The summed E-state index contributed by atoms with van der Waals surface area (Å²) in [5.74, 6) is -0.572. The van der Waals surface area contributed by atoms with Crippen LogP contribution in [-0.4, -0.2) is 21.9 Å². The van der Waals surface area contributed by atoms with E-state index < -0.39 is 6.04 Å². The largest absolute Gasteiger partial charge is 0.504 e. The fourth-order valence-corrected chi connectivity index (χ4v) is 2.16. The van der Waals surface area contributed by atoms with Crippen molar-refractivity contribution in [2.24, 2.45) is 0 Å². The Morgan fingerprint density at radius 1 is 1.22 bits per heavy atom. The summed E-state index contributed by atoms with van der Waals surface area (Å²) in [6.45, 7) is 3.37. The standard InChI is InChI=1S/C17H19N3O3/c1-11-5-7-13(8-6-11)14(19-12(2)21)10-16(23)20-17-15(22)4-3-9-18-17/h3-9,14,22H,10H2,1-2H3,(H,19,21)(H,18,20,23). The Hall–Kier alpha value is -2.89. The van der Waals surface area contributed by atoms with Crippen molar-refractivity contribution in [3.05, 3.63) is 53.7 Å². The third-order valence-corrected chi connectivity index (χ3v) is 3.29. The number of nitrogens with zero attached hydrogens (tertiary/aromatic N) is 1. The molecule has 1 atom stereocenters. The van der Waals surface area contributed by atoms with Crippen LogP contribution in [0.25, 0.3) is 0 Å². The van der Waals surface area contributed by atoms with Gasteiger partial charge >= 0.3 is 0 Å². The molecule has 0 saturated carbocycles. The fourth-order valence-electron chi connectivity index (χ4n) is 2.16. The molecule has 2 rings (SSSR count). The molecule has 0 fully saturated rings. The lowest BCUT2D eigenvalue weighted by Gasteiger charge is -2.18. The van der Waals surface area contributed by atoms with Crippen LogP contribution in [0.1, 0.15) is 30.5 Å². The first kappa shape index (κ1) is 16.5. The Bertz CT molecular complexity index is 698. The highest BCUT2D eigenvalue weighted by atomic mass is 16.3. The maximum absolute atomic E-state index is 12.2. The molecular formula is C17H19N3O3. The van der Waals surface area contributed by atoms with Crippen LogP contribution in [0.2, 0.25) is 0 Å². The Morgan fingerprint density at radius 2 is 1.91 bits per heavy atom. The van der Waals surface area contributed by atoms with E-state index >= 15 is 0 Å². The van der Waals surface area contributed by atoms with E-state index in [-0.39, 0.29) is 29.8 Å². The van der Waals surface area contributed by atoms with E-state index in [4.69, 9.17) is 0 Å². The molecule has 1 heterocycles. The quantitative estimate of drug-likeness (QED) is 0.790. The predicted octanol–water partition coefficient (Wildman–Crippen LogP) is 2.30. The van der Waals surface area contributed by atoms with Gasteiger partial charge in [-0.1, -0.05) is 29.8 Å². The molecule has 2 aromatic rings. The molecule has 1 unspecified atom stereocenters. The highest BCUT2D eigenvalue weighted by Crippen LogP contribution is 2.21. The van der Waals surface area contributed by atoms with Gasteiger partial charge in [0, 0.05) is 13.1 Å². The van der Waals surface area contributed by atoms with Crippen LogP contribution in [-0.2, 0) is 9.59 Å². The Balaban J connectivity index is 2.11. The van der Waals surface area contributed by atoms with Crippen LogP contribution >= 0.6 is 0 Å². The van der Waals surface area contributed by atoms with Crippen molar-refractivity contribution in [1.29, 1.82) is 0 Å². The van der Waals surface area contributed by atoms with Crippen molar-refractivity contribution in [1.82, 2.24) is 10.3 Å². The lowest BCUT2D eigenvalue weighted by molar-refractivity contribution is -0.120. The van der Waals surface area contributed by atoms with Gasteiger partial charge in [0.05, 0.1) is 12.5 Å². The zero-order valence-corrected chi connectivity index (χ0v) is 13.0. The minimum absolute atomic E-state index is 0.0403. The van der Waals surface area contributed by atoms with E-state index in [0.29, 0.717) is 0 Å². The highest BCUT2D eigenvalue weighted by molar-refractivity contribution is 5.91. The third kappa shape index (κ3) is 4.81. The molecule has 6 heteroatoms. The molecule has 0 radical (unpaired) electrons. The maximum atomic E-state index is 12.2. The van der Waals surface area contributed by atoms with Crippen molar-refractivity contribution in [2.45, 2.75) is 26.3 Å². The van der Waals surface area contributed by atoms with Crippen molar-refractivity contribution < 1.29 is 14.7 Å². The molecule has 1 aromatic carbocycles. The number of aromatic hydroxyl groups is 1. The monoisotopic (exact) mass is 313 g/mol. The second-order valence-corrected chi connectivity index (χ2v) is 5.29. The van der Waals surface area contributed by atoms with Crippen LogP contribution in [0.4, 0.5) is 5.82 Å². The second-order valence-electron chi connectivity index (χ2n) is 5.29. The van der Waals surface area contributed by atoms with E-state index in [2.05, 4.69) is 15.6 Å². The molecule has 0 aliphatic rings. The number of carbonyl (C=O) groups is 2. The van der Waals surface area contributed by atoms with Gasteiger partial charge in [-0.15, -0.1) is 0 Å². The lowest BCUT2D eigenvalue weighted by Crippen LogP contribution is -2.29. The van der Waals surface area contributed by atoms with Gasteiger partial charge in [-0.2, -0.15) is 0 Å². The number of benzene rings is 1. The minimum atomic E-state index is -0.445. The van der Waals surface area contributed by atoms with Crippen LogP contribution < -0.4 is 10.6 Å². The van der Waals surface area contributed by atoms with Crippen LogP contribution in [0.5, 0.6) is 5.75 Å². The molecule has 0 spiro atoms. The van der Waals surface area contributed by atoms with E-state index in [0.717, 1.165) is 11.1 Å². The van der Waals surface area contributed by atoms with Crippen LogP contribution in [0.15, 0.2) is 42.6 Å². The Labute approximate surface area is 134 Å². The molecule has 0 aliphatic heterocycles. The number of anilines is 1. The van der Waals surface area contributed by atoms with Crippen molar-refractivity contribution in [2.75, 3.05) is 5.32 Å². The second kappa shape index (κ2) is 7.40. The summed E-state index contributed by atoms with van der Waals surface area (Å²) >= 11 is 0. The highest BCUT2D eigenvalue weighted by Gasteiger charge is 2.18. The molecule has 2 amide bonds. The fraction of sp³-hybridized carbons (Fsp3) is 0.235. The van der Waals surface area contributed by atoms with Crippen LogP contribution in [0.3, 0.4) is 0 Å². The molecule has 23 heavy (non-hydrogen) atoms. The van der Waals surface area contributed by atoms with Gasteiger partial charge < -0.3 is 15.7 Å². The average molecular weight is 313 g/mol. The Kier molecular flexibility index (Phi) is 5.30. The summed E-state index contributed by atoms with van der Waals surface area (Å²) in [6.07, 6.45) is 1.51. The molecule has 6 nitrogen and oxygen atoms in total. The summed E-state index contributed by atoms with van der Waals surface area (Å²) in [5.41, 5.74) is 1.93. The van der Waals surface area contributed by atoms with E-state index in [1.807, 2.05) is 31.2 Å². The van der Waals surface area contributed by atoms with E-state index in [9.17, 15) is 14.7 Å². The third-order valence-electron chi connectivity index (χ3n) is 3.29.